The molecule has 152 valence electrons. The van der Waals surface area contributed by atoms with Crippen molar-refractivity contribution in [3.63, 3.8) is 0 Å². The number of rotatable bonds is 6. The number of nitrogens with one attached hydrogen (secondary N) is 1. The van der Waals surface area contributed by atoms with Crippen LogP contribution in [0.4, 0.5) is 0 Å². The van der Waals surface area contributed by atoms with Gasteiger partial charge in [0, 0.05) is 5.56 Å². The van der Waals surface area contributed by atoms with Crippen LogP contribution in [-0.2, 0) is 11.3 Å². The summed E-state index contributed by atoms with van der Waals surface area (Å²) in [6.07, 6.45) is 1.50. The van der Waals surface area contributed by atoms with Gasteiger partial charge < -0.3 is 5.32 Å². The molecule has 0 aliphatic heterocycles. The summed E-state index contributed by atoms with van der Waals surface area (Å²) in [7, 11) is 0. The second-order valence-electron chi connectivity index (χ2n) is 7.21. The summed E-state index contributed by atoms with van der Waals surface area (Å²) in [5.41, 5.74) is 4.42. The van der Waals surface area contributed by atoms with Gasteiger partial charge in [-0.2, -0.15) is 10.4 Å². The molecule has 0 saturated carbocycles. The van der Waals surface area contributed by atoms with Crippen LogP contribution >= 0.6 is 11.6 Å². The number of amides is 1. The number of nitrogens with zero attached hydrogens (tertiary/aromatic N) is 3. The molecule has 1 atom stereocenters. The Bertz CT molecular complexity index is 1110. The smallest absolute Gasteiger partial charge is 0.262 e. The number of aromatic nitrogens is 2. The lowest BCUT2D eigenvalue weighted by molar-refractivity contribution is -0.117. The lowest BCUT2D eigenvalue weighted by atomic mass is 10.1. The maximum absolute atomic E-state index is 12.6. The van der Waals surface area contributed by atoms with Crippen molar-refractivity contribution >= 4 is 23.6 Å². The van der Waals surface area contributed by atoms with E-state index in [1.807, 2.05) is 81.4 Å². The molecule has 1 amide bonds. The molecule has 30 heavy (non-hydrogen) atoms. The molecule has 1 unspecified atom stereocenters. The molecule has 3 rings (SSSR count). The van der Waals surface area contributed by atoms with E-state index >= 15 is 0 Å². The standard InChI is InChI=1S/C24H23ClN4O/c1-16-9-11-19(12-10-16)15-29-23(25)22(18(3)28-29)13-21(14-26)24(30)27-17(2)20-7-5-4-6-8-20/h4-13,17H,15H2,1-3H3,(H,27,30)/b21-13+. The Morgan fingerprint density at radius 2 is 1.87 bits per heavy atom. The van der Waals surface area contributed by atoms with Crippen molar-refractivity contribution in [3.05, 3.63) is 93.3 Å². The first-order chi connectivity index (χ1) is 14.4. The molecule has 0 radical (unpaired) electrons. The number of halogens is 1. The number of carbonyl (C=O) groups is 1. The predicted octanol–water partition coefficient (Wildman–Crippen LogP) is 4.99. The van der Waals surface area contributed by atoms with E-state index < -0.39 is 5.91 Å². The van der Waals surface area contributed by atoms with Gasteiger partial charge in [0.1, 0.15) is 16.8 Å². The molecule has 0 aliphatic rings. The van der Waals surface area contributed by atoms with E-state index in [4.69, 9.17) is 11.6 Å². The Morgan fingerprint density at radius 1 is 1.20 bits per heavy atom. The van der Waals surface area contributed by atoms with Gasteiger partial charge in [0.15, 0.2) is 0 Å². The summed E-state index contributed by atoms with van der Waals surface area (Å²) in [4.78, 5) is 12.6. The van der Waals surface area contributed by atoms with Crippen LogP contribution in [0, 0.1) is 25.2 Å². The van der Waals surface area contributed by atoms with Gasteiger partial charge in [-0.3, -0.25) is 4.79 Å². The van der Waals surface area contributed by atoms with Gasteiger partial charge >= 0.3 is 0 Å². The summed E-state index contributed by atoms with van der Waals surface area (Å²) < 4.78 is 1.67. The molecule has 0 bridgehead atoms. The van der Waals surface area contributed by atoms with Crippen molar-refractivity contribution in [1.82, 2.24) is 15.1 Å². The van der Waals surface area contributed by atoms with Crippen molar-refractivity contribution in [2.45, 2.75) is 33.4 Å². The fraction of sp³-hybridized carbons (Fsp3) is 0.208. The fourth-order valence-corrected chi connectivity index (χ4v) is 3.38. The van der Waals surface area contributed by atoms with E-state index in [-0.39, 0.29) is 11.6 Å². The lowest BCUT2D eigenvalue weighted by Crippen LogP contribution is -2.27. The molecule has 6 heteroatoms. The van der Waals surface area contributed by atoms with Crippen LogP contribution < -0.4 is 5.32 Å². The highest BCUT2D eigenvalue weighted by molar-refractivity contribution is 6.31. The van der Waals surface area contributed by atoms with Gasteiger partial charge in [-0.05, 0) is 38.0 Å². The van der Waals surface area contributed by atoms with Gasteiger partial charge in [-0.1, -0.05) is 71.8 Å². The molecule has 0 saturated heterocycles. The van der Waals surface area contributed by atoms with E-state index in [0.29, 0.717) is 23.0 Å². The van der Waals surface area contributed by atoms with E-state index in [1.165, 1.54) is 11.6 Å². The number of hydrogen-bond acceptors (Lipinski definition) is 3. The minimum Gasteiger partial charge on any atom is -0.345 e. The zero-order chi connectivity index (χ0) is 21.7. The summed E-state index contributed by atoms with van der Waals surface area (Å²) in [6, 6.07) is 19.5. The average molecular weight is 419 g/mol. The van der Waals surface area contributed by atoms with Crippen LogP contribution in [0.5, 0.6) is 0 Å². The van der Waals surface area contributed by atoms with Crippen LogP contribution in [0.2, 0.25) is 5.15 Å². The second-order valence-corrected chi connectivity index (χ2v) is 7.57. The summed E-state index contributed by atoms with van der Waals surface area (Å²) >= 11 is 6.53. The quantitative estimate of drug-likeness (QED) is 0.453. The number of carbonyl (C=O) groups excluding carboxylic acids is 1. The molecule has 0 fully saturated rings. The third-order valence-corrected chi connectivity index (χ3v) is 5.26. The topological polar surface area (TPSA) is 70.7 Å². The van der Waals surface area contributed by atoms with E-state index in [0.717, 1.165) is 11.1 Å². The highest BCUT2D eigenvalue weighted by Gasteiger charge is 2.17. The van der Waals surface area contributed by atoms with Crippen LogP contribution in [-0.4, -0.2) is 15.7 Å². The number of benzene rings is 2. The molecule has 0 aliphatic carbocycles. The molecule has 1 N–H and O–H groups in total. The second kappa shape index (κ2) is 9.43. The molecular weight excluding hydrogens is 396 g/mol. The normalized spacial score (nSPS) is 12.3. The minimum atomic E-state index is -0.449. The summed E-state index contributed by atoms with van der Waals surface area (Å²) in [6.45, 7) is 6.22. The van der Waals surface area contributed by atoms with Gasteiger partial charge in [-0.15, -0.1) is 0 Å². The van der Waals surface area contributed by atoms with Crippen molar-refractivity contribution in [2.75, 3.05) is 0 Å². The Labute approximate surface area is 181 Å². The minimum absolute atomic E-state index is 0.0160. The Balaban J connectivity index is 1.81. The van der Waals surface area contributed by atoms with Gasteiger partial charge in [-0.25, -0.2) is 4.68 Å². The maximum Gasteiger partial charge on any atom is 0.262 e. The van der Waals surface area contributed by atoms with Gasteiger partial charge in [0.2, 0.25) is 0 Å². The number of nitriles is 1. The van der Waals surface area contributed by atoms with Crippen LogP contribution in [0.1, 0.15) is 40.9 Å². The SMILES string of the molecule is Cc1ccc(Cn2nc(C)c(/C=C(\C#N)C(=O)NC(C)c3ccccc3)c2Cl)cc1. The predicted molar refractivity (Wildman–Crippen MR) is 119 cm³/mol. The molecule has 0 spiro atoms. The fourth-order valence-electron chi connectivity index (χ4n) is 3.09. The molecule has 2 aromatic carbocycles. The van der Waals surface area contributed by atoms with Crippen molar-refractivity contribution < 1.29 is 4.79 Å². The molecule has 1 aromatic heterocycles. The van der Waals surface area contributed by atoms with Crippen LogP contribution in [0.25, 0.3) is 6.08 Å². The third-order valence-electron chi connectivity index (χ3n) is 4.86. The highest BCUT2D eigenvalue weighted by atomic mass is 35.5. The third kappa shape index (κ3) is 4.97. The monoisotopic (exact) mass is 418 g/mol. The van der Waals surface area contributed by atoms with E-state index in [1.54, 1.807) is 4.68 Å². The Kier molecular flexibility index (Phi) is 6.71. The lowest BCUT2D eigenvalue weighted by Gasteiger charge is -2.13. The van der Waals surface area contributed by atoms with Crippen molar-refractivity contribution in [3.8, 4) is 6.07 Å². The zero-order valence-electron chi connectivity index (χ0n) is 17.2. The molecule has 5 nitrogen and oxygen atoms in total. The Hall–Kier alpha value is -3.36. The molecular formula is C24H23ClN4O. The van der Waals surface area contributed by atoms with Crippen molar-refractivity contribution in [2.24, 2.45) is 0 Å². The van der Waals surface area contributed by atoms with E-state index in [9.17, 15) is 10.1 Å². The van der Waals surface area contributed by atoms with E-state index in [2.05, 4.69) is 10.4 Å². The van der Waals surface area contributed by atoms with Gasteiger partial charge in [0.05, 0.1) is 18.3 Å². The average Bonchev–Trinajstić information content (AvgIpc) is 3.01. The first-order valence-corrected chi connectivity index (χ1v) is 10.0. The molecule has 3 aromatic rings. The zero-order valence-corrected chi connectivity index (χ0v) is 17.9. The largest absolute Gasteiger partial charge is 0.345 e. The Morgan fingerprint density at radius 3 is 2.50 bits per heavy atom. The first kappa shape index (κ1) is 21.4. The molecule has 1 heterocycles. The van der Waals surface area contributed by atoms with Crippen LogP contribution in [0.15, 0.2) is 60.2 Å². The van der Waals surface area contributed by atoms with Gasteiger partial charge in [0.25, 0.3) is 5.91 Å². The first-order valence-electron chi connectivity index (χ1n) is 9.65. The number of aryl methyl sites for hydroxylation is 2. The van der Waals surface area contributed by atoms with Crippen molar-refractivity contribution in [1.29, 1.82) is 5.26 Å². The number of hydrogen-bond donors (Lipinski definition) is 1. The summed E-state index contributed by atoms with van der Waals surface area (Å²) in [5, 5.41) is 17.3. The van der Waals surface area contributed by atoms with Crippen LogP contribution in [0.3, 0.4) is 0 Å². The summed E-state index contributed by atoms with van der Waals surface area (Å²) in [5.74, 6) is -0.449. The maximum atomic E-state index is 12.6. The highest BCUT2D eigenvalue weighted by Crippen LogP contribution is 2.24.